The van der Waals surface area contributed by atoms with Gasteiger partial charge in [0.05, 0.1) is 6.61 Å². The number of rotatable bonds is 5. The Morgan fingerprint density at radius 1 is 1.24 bits per heavy atom. The average molecular weight is 229 g/mol. The zero-order chi connectivity index (χ0) is 11.5. The standard InChI is InChI=1S/C13H15N3O/c1-2-4-11(5-3-1)17-9-8-12-14-13(16-15-12)10-6-7-10/h1-5,10H,6-9H2,(H,14,15,16). The van der Waals surface area contributed by atoms with Crippen molar-refractivity contribution in [3.05, 3.63) is 42.0 Å². The number of hydrogen-bond donors (Lipinski definition) is 1. The lowest BCUT2D eigenvalue weighted by molar-refractivity contribution is 0.319. The van der Waals surface area contributed by atoms with E-state index in [-0.39, 0.29) is 0 Å². The second kappa shape index (κ2) is 4.57. The Bertz CT molecular complexity index is 476. The Hall–Kier alpha value is -1.84. The highest BCUT2D eigenvalue weighted by atomic mass is 16.5. The molecule has 0 unspecified atom stereocenters. The summed E-state index contributed by atoms with van der Waals surface area (Å²) in [6, 6.07) is 9.82. The van der Waals surface area contributed by atoms with Gasteiger partial charge < -0.3 is 4.74 Å². The van der Waals surface area contributed by atoms with Crippen LogP contribution in [0.25, 0.3) is 0 Å². The molecular weight excluding hydrogens is 214 g/mol. The van der Waals surface area contributed by atoms with Crippen molar-refractivity contribution < 1.29 is 4.74 Å². The molecule has 1 heterocycles. The largest absolute Gasteiger partial charge is 0.493 e. The summed E-state index contributed by atoms with van der Waals surface area (Å²) in [5.74, 6) is 3.40. The van der Waals surface area contributed by atoms with E-state index >= 15 is 0 Å². The summed E-state index contributed by atoms with van der Waals surface area (Å²) >= 11 is 0. The van der Waals surface area contributed by atoms with Crippen LogP contribution in [-0.2, 0) is 6.42 Å². The second-order valence-corrected chi connectivity index (χ2v) is 4.33. The number of aromatic amines is 1. The molecule has 1 aromatic carbocycles. The van der Waals surface area contributed by atoms with Crippen molar-refractivity contribution in [1.82, 2.24) is 15.2 Å². The topological polar surface area (TPSA) is 50.8 Å². The molecule has 0 bridgehead atoms. The maximum Gasteiger partial charge on any atom is 0.153 e. The molecule has 0 amide bonds. The van der Waals surface area contributed by atoms with Crippen LogP contribution < -0.4 is 4.74 Å². The fourth-order valence-electron chi connectivity index (χ4n) is 1.73. The van der Waals surface area contributed by atoms with E-state index in [0.717, 1.165) is 23.8 Å². The van der Waals surface area contributed by atoms with Gasteiger partial charge in [-0.1, -0.05) is 18.2 Å². The summed E-state index contributed by atoms with van der Waals surface area (Å²) in [5, 5.41) is 7.18. The van der Waals surface area contributed by atoms with Crippen molar-refractivity contribution in [2.75, 3.05) is 6.61 Å². The molecule has 4 nitrogen and oxygen atoms in total. The molecule has 17 heavy (non-hydrogen) atoms. The van der Waals surface area contributed by atoms with Crippen LogP contribution in [0.1, 0.15) is 30.4 Å². The van der Waals surface area contributed by atoms with Gasteiger partial charge in [-0.3, -0.25) is 5.10 Å². The first-order chi connectivity index (χ1) is 8.42. The van der Waals surface area contributed by atoms with Crippen LogP contribution in [0.2, 0.25) is 0 Å². The van der Waals surface area contributed by atoms with E-state index in [2.05, 4.69) is 15.2 Å². The van der Waals surface area contributed by atoms with Crippen LogP contribution in [0.5, 0.6) is 5.75 Å². The molecule has 2 aromatic rings. The number of nitrogens with one attached hydrogen (secondary N) is 1. The third-order valence-corrected chi connectivity index (χ3v) is 2.84. The monoisotopic (exact) mass is 229 g/mol. The second-order valence-electron chi connectivity index (χ2n) is 4.33. The molecule has 1 N–H and O–H groups in total. The van der Waals surface area contributed by atoms with Gasteiger partial charge in [-0.25, -0.2) is 4.98 Å². The number of ether oxygens (including phenoxy) is 1. The SMILES string of the molecule is c1ccc(OCCc2nc(C3CC3)n[nH]2)cc1. The molecule has 88 valence electrons. The van der Waals surface area contributed by atoms with Crippen molar-refractivity contribution in [3.8, 4) is 5.75 Å². The number of nitrogens with zero attached hydrogens (tertiary/aromatic N) is 2. The molecular formula is C13H15N3O. The van der Waals surface area contributed by atoms with Gasteiger partial charge in [-0.05, 0) is 25.0 Å². The number of aromatic nitrogens is 3. The first-order valence-electron chi connectivity index (χ1n) is 6.01. The van der Waals surface area contributed by atoms with Gasteiger partial charge in [-0.15, -0.1) is 0 Å². The molecule has 1 aliphatic carbocycles. The van der Waals surface area contributed by atoms with Crippen LogP contribution in [0.3, 0.4) is 0 Å². The van der Waals surface area contributed by atoms with E-state index in [1.165, 1.54) is 12.8 Å². The molecule has 0 radical (unpaired) electrons. The highest BCUT2D eigenvalue weighted by Gasteiger charge is 2.27. The van der Waals surface area contributed by atoms with Crippen molar-refractivity contribution in [1.29, 1.82) is 0 Å². The molecule has 1 aromatic heterocycles. The molecule has 1 saturated carbocycles. The predicted octanol–water partition coefficient (Wildman–Crippen LogP) is 2.30. The molecule has 0 spiro atoms. The first-order valence-corrected chi connectivity index (χ1v) is 6.01. The maximum atomic E-state index is 5.61. The quantitative estimate of drug-likeness (QED) is 0.855. The minimum atomic E-state index is 0.607. The molecule has 0 atom stereocenters. The Morgan fingerprint density at radius 2 is 2.06 bits per heavy atom. The smallest absolute Gasteiger partial charge is 0.153 e. The Labute approximate surface area is 100 Å². The summed E-state index contributed by atoms with van der Waals surface area (Å²) < 4.78 is 5.61. The summed E-state index contributed by atoms with van der Waals surface area (Å²) in [6.07, 6.45) is 3.24. The Kier molecular flexibility index (Phi) is 2.78. The molecule has 4 heteroatoms. The van der Waals surface area contributed by atoms with Gasteiger partial charge >= 0.3 is 0 Å². The van der Waals surface area contributed by atoms with Gasteiger partial charge in [-0.2, -0.15) is 5.10 Å². The maximum absolute atomic E-state index is 5.61. The van der Waals surface area contributed by atoms with Gasteiger partial charge in [0.15, 0.2) is 5.82 Å². The molecule has 1 fully saturated rings. The van der Waals surface area contributed by atoms with Crippen LogP contribution >= 0.6 is 0 Å². The van der Waals surface area contributed by atoms with E-state index in [1.807, 2.05) is 30.3 Å². The lowest BCUT2D eigenvalue weighted by Gasteiger charge is -2.03. The van der Waals surface area contributed by atoms with Gasteiger partial charge in [0.2, 0.25) is 0 Å². The zero-order valence-electron chi connectivity index (χ0n) is 9.60. The van der Waals surface area contributed by atoms with Crippen LogP contribution in [0.4, 0.5) is 0 Å². The Morgan fingerprint density at radius 3 is 2.82 bits per heavy atom. The summed E-state index contributed by atoms with van der Waals surface area (Å²) in [6.45, 7) is 0.628. The van der Waals surface area contributed by atoms with Crippen molar-refractivity contribution >= 4 is 0 Å². The normalized spacial score (nSPS) is 14.8. The van der Waals surface area contributed by atoms with E-state index in [0.29, 0.717) is 12.5 Å². The van der Waals surface area contributed by atoms with Crippen LogP contribution in [0.15, 0.2) is 30.3 Å². The number of benzene rings is 1. The summed E-state index contributed by atoms with van der Waals surface area (Å²) in [4.78, 5) is 4.46. The van der Waals surface area contributed by atoms with E-state index in [1.54, 1.807) is 0 Å². The summed E-state index contributed by atoms with van der Waals surface area (Å²) in [5.41, 5.74) is 0. The van der Waals surface area contributed by atoms with Gasteiger partial charge in [0, 0.05) is 12.3 Å². The zero-order valence-corrected chi connectivity index (χ0v) is 9.60. The number of H-pyrrole nitrogens is 1. The predicted molar refractivity (Wildman–Crippen MR) is 64.0 cm³/mol. The van der Waals surface area contributed by atoms with Crippen molar-refractivity contribution in [3.63, 3.8) is 0 Å². The third kappa shape index (κ3) is 2.64. The fourth-order valence-corrected chi connectivity index (χ4v) is 1.73. The molecule has 0 aliphatic heterocycles. The van der Waals surface area contributed by atoms with Gasteiger partial charge in [0.25, 0.3) is 0 Å². The van der Waals surface area contributed by atoms with E-state index < -0.39 is 0 Å². The lowest BCUT2D eigenvalue weighted by atomic mass is 10.3. The Balaban J connectivity index is 1.50. The molecule has 1 aliphatic rings. The van der Waals surface area contributed by atoms with Crippen LogP contribution in [-0.4, -0.2) is 21.8 Å². The molecule has 3 rings (SSSR count). The summed E-state index contributed by atoms with van der Waals surface area (Å²) in [7, 11) is 0. The highest BCUT2D eigenvalue weighted by molar-refractivity contribution is 5.20. The first kappa shape index (κ1) is 10.3. The van der Waals surface area contributed by atoms with E-state index in [4.69, 9.17) is 4.74 Å². The average Bonchev–Trinajstić information content (AvgIpc) is 3.11. The lowest BCUT2D eigenvalue weighted by Crippen LogP contribution is -2.02. The fraction of sp³-hybridized carbons (Fsp3) is 0.385. The van der Waals surface area contributed by atoms with Crippen molar-refractivity contribution in [2.24, 2.45) is 0 Å². The molecule has 0 saturated heterocycles. The minimum absolute atomic E-state index is 0.607. The van der Waals surface area contributed by atoms with Crippen molar-refractivity contribution in [2.45, 2.75) is 25.2 Å². The van der Waals surface area contributed by atoms with Crippen LogP contribution in [0, 0.1) is 0 Å². The highest BCUT2D eigenvalue weighted by Crippen LogP contribution is 2.37. The number of para-hydroxylation sites is 1. The van der Waals surface area contributed by atoms with Gasteiger partial charge in [0.1, 0.15) is 11.6 Å². The third-order valence-electron chi connectivity index (χ3n) is 2.84. The number of hydrogen-bond acceptors (Lipinski definition) is 3. The van der Waals surface area contributed by atoms with E-state index in [9.17, 15) is 0 Å². The minimum Gasteiger partial charge on any atom is -0.493 e.